The van der Waals surface area contributed by atoms with Crippen molar-refractivity contribution in [3.8, 4) is 0 Å². The molecule has 4 nitrogen and oxygen atoms in total. The van der Waals surface area contributed by atoms with Crippen LogP contribution in [0.4, 0.5) is 0 Å². The Labute approximate surface area is 105 Å². The summed E-state index contributed by atoms with van der Waals surface area (Å²) in [6.45, 7) is 0. The van der Waals surface area contributed by atoms with Crippen LogP contribution >= 0.6 is 0 Å². The van der Waals surface area contributed by atoms with Gasteiger partial charge in [-0.25, -0.2) is 0 Å². The van der Waals surface area contributed by atoms with Crippen molar-refractivity contribution in [1.29, 1.82) is 0 Å². The normalized spacial score (nSPS) is 12.8. The summed E-state index contributed by atoms with van der Waals surface area (Å²) in [6, 6.07) is 13.6. The molecule has 3 rings (SSSR count). The third kappa shape index (κ3) is 1.87. The number of pyridine rings is 1. The Balaban J connectivity index is 2.03. The maximum absolute atomic E-state index is 6.18. The molecule has 0 radical (unpaired) electrons. The van der Waals surface area contributed by atoms with Gasteiger partial charge in [-0.3, -0.25) is 9.67 Å². The second kappa shape index (κ2) is 4.23. The van der Waals surface area contributed by atoms with Crippen molar-refractivity contribution in [2.45, 2.75) is 6.04 Å². The average molecular weight is 238 g/mol. The van der Waals surface area contributed by atoms with Gasteiger partial charge in [0.15, 0.2) is 0 Å². The number of fused-ring (bicyclic) bond motifs is 1. The summed E-state index contributed by atoms with van der Waals surface area (Å²) >= 11 is 0. The van der Waals surface area contributed by atoms with Gasteiger partial charge in [-0.2, -0.15) is 5.10 Å². The second-order valence-electron chi connectivity index (χ2n) is 4.32. The van der Waals surface area contributed by atoms with E-state index in [0.29, 0.717) is 0 Å². The third-order valence-electron chi connectivity index (χ3n) is 2.99. The Kier molecular flexibility index (Phi) is 2.57. The summed E-state index contributed by atoms with van der Waals surface area (Å²) in [5, 5.41) is 5.44. The van der Waals surface area contributed by atoms with E-state index in [2.05, 4.69) is 10.1 Å². The Morgan fingerprint density at radius 3 is 2.67 bits per heavy atom. The van der Waals surface area contributed by atoms with E-state index in [0.717, 1.165) is 22.3 Å². The molecule has 1 aromatic carbocycles. The zero-order valence-corrected chi connectivity index (χ0v) is 10.1. The van der Waals surface area contributed by atoms with Gasteiger partial charge in [-0.15, -0.1) is 0 Å². The Morgan fingerprint density at radius 2 is 1.89 bits per heavy atom. The van der Waals surface area contributed by atoms with Gasteiger partial charge in [0, 0.05) is 18.6 Å². The molecule has 4 heteroatoms. The molecule has 18 heavy (non-hydrogen) atoms. The molecule has 1 atom stereocenters. The molecular weight excluding hydrogens is 224 g/mol. The van der Waals surface area contributed by atoms with Gasteiger partial charge in [-0.05, 0) is 18.2 Å². The Hall–Kier alpha value is -2.20. The number of nitrogens with zero attached hydrogens (tertiary/aromatic N) is 3. The van der Waals surface area contributed by atoms with Gasteiger partial charge in [0.2, 0.25) is 0 Å². The second-order valence-corrected chi connectivity index (χ2v) is 4.32. The van der Waals surface area contributed by atoms with Crippen LogP contribution < -0.4 is 5.73 Å². The van der Waals surface area contributed by atoms with Crippen molar-refractivity contribution in [2.24, 2.45) is 12.8 Å². The molecule has 0 saturated carbocycles. The summed E-state index contributed by atoms with van der Waals surface area (Å²) in [6.07, 6.45) is 1.89. The molecule has 0 fully saturated rings. The van der Waals surface area contributed by atoms with Crippen LogP contribution in [0, 0.1) is 0 Å². The van der Waals surface area contributed by atoms with E-state index < -0.39 is 0 Å². The van der Waals surface area contributed by atoms with Gasteiger partial charge in [0.1, 0.15) is 0 Å². The predicted octanol–water partition coefficient (Wildman–Crippen LogP) is 2.02. The van der Waals surface area contributed by atoms with E-state index in [-0.39, 0.29) is 6.04 Å². The van der Waals surface area contributed by atoms with Gasteiger partial charge in [-0.1, -0.05) is 24.3 Å². The highest BCUT2D eigenvalue weighted by Crippen LogP contribution is 2.19. The van der Waals surface area contributed by atoms with Crippen LogP contribution in [0.15, 0.2) is 48.7 Å². The number of hydrogen-bond acceptors (Lipinski definition) is 3. The predicted molar refractivity (Wildman–Crippen MR) is 71.0 cm³/mol. The van der Waals surface area contributed by atoms with E-state index >= 15 is 0 Å². The van der Waals surface area contributed by atoms with E-state index in [1.54, 1.807) is 4.68 Å². The van der Waals surface area contributed by atoms with Crippen molar-refractivity contribution in [2.75, 3.05) is 0 Å². The first-order chi connectivity index (χ1) is 8.74. The smallest absolute Gasteiger partial charge is 0.0919 e. The maximum Gasteiger partial charge on any atom is 0.0919 e. The summed E-state index contributed by atoms with van der Waals surface area (Å²) in [5.41, 5.74) is 8.82. The fourth-order valence-corrected chi connectivity index (χ4v) is 2.01. The highest BCUT2D eigenvalue weighted by Gasteiger charge is 2.13. The first-order valence-corrected chi connectivity index (χ1v) is 5.85. The number of benzene rings is 1. The zero-order valence-electron chi connectivity index (χ0n) is 10.1. The van der Waals surface area contributed by atoms with Crippen molar-refractivity contribution in [1.82, 2.24) is 14.8 Å². The van der Waals surface area contributed by atoms with Crippen molar-refractivity contribution in [3.05, 3.63) is 60.0 Å². The molecule has 1 unspecified atom stereocenters. The lowest BCUT2D eigenvalue weighted by molar-refractivity contribution is 0.708. The molecule has 0 amide bonds. The van der Waals surface area contributed by atoms with Crippen molar-refractivity contribution < 1.29 is 0 Å². The van der Waals surface area contributed by atoms with Crippen LogP contribution in [0.3, 0.4) is 0 Å². The lowest BCUT2D eigenvalue weighted by Crippen LogP contribution is -2.14. The molecular formula is C14H14N4. The Bertz CT molecular complexity index is 687. The largest absolute Gasteiger partial charge is 0.318 e. The van der Waals surface area contributed by atoms with E-state index in [9.17, 15) is 0 Å². The summed E-state index contributed by atoms with van der Waals surface area (Å²) in [4.78, 5) is 4.59. The van der Waals surface area contributed by atoms with Crippen LogP contribution in [-0.4, -0.2) is 14.8 Å². The maximum atomic E-state index is 6.18. The molecule has 0 saturated heterocycles. The first kappa shape index (κ1) is 10.9. The number of aryl methyl sites for hydroxylation is 1. The fourth-order valence-electron chi connectivity index (χ4n) is 2.01. The van der Waals surface area contributed by atoms with Gasteiger partial charge < -0.3 is 5.73 Å². The lowest BCUT2D eigenvalue weighted by Gasteiger charge is -2.09. The highest BCUT2D eigenvalue weighted by atomic mass is 15.3. The monoisotopic (exact) mass is 238 g/mol. The van der Waals surface area contributed by atoms with Gasteiger partial charge >= 0.3 is 0 Å². The van der Waals surface area contributed by atoms with Crippen molar-refractivity contribution >= 4 is 10.9 Å². The first-order valence-electron chi connectivity index (χ1n) is 5.85. The molecule has 2 N–H and O–H groups in total. The number of nitrogens with two attached hydrogens (primary N) is 1. The number of aromatic nitrogens is 3. The van der Waals surface area contributed by atoms with Crippen molar-refractivity contribution in [3.63, 3.8) is 0 Å². The summed E-state index contributed by atoms with van der Waals surface area (Å²) in [5.74, 6) is 0. The molecule has 0 aliphatic carbocycles. The SMILES string of the molecule is Cn1ccc(C(N)c2ccc3ccccc3n2)n1. The van der Waals surface area contributed by atoms with E-state index in [4.69, 9.17) is 5.73 Å². The minimum absolute atomic E-state index is 0.282. The van der Waals surface area contributed by atoms with Crippen LogP contribution in [0.2, 0.25) is 0 Å². The van der Waals surface area contributed by atoms with E-state index in [1.165, 1.54) is 0 Å². The summed E-state index contributed by atoms with van der Waals surface area (Å²) < 4.78 is 1.75. The van der Waals surface area contributed by atoms with Crippen LogP contribution in [0.5, 0.6) is 0 Å². The van der Waals surface area contributed by atoms with Crippen LogP contribution in [0.25, 0.3) is 10.9 Å². The minimum atomic E-state index is -0.282. The highest BCUT2D eigenvalue weighted by molar-refractivity contribution is 5.78. The van der Waals surface area contributed by atoms with E-state index in [1.807, 2.05) is 55.7 Å². The van der Waals surface area contributed by atoms with Crippen LogP contribution in [-0.2, 0) is 7.05 Å². The minimum Gasteiger partial charge on any atom is -0.318 e. The number of hydrogen-bond donors (Lipinski definition) is 1. The molecule has 3 aromatic rings. The molecule has 0 bridgehead atoms. The zero-order chi connectivity index (χ0) is 12.5. The number of para-hydroxylation sites is 1. The topological polar surface area (TPSA) is 56.7 Å². The molecule has 0 spiro atoms. The lowest BCUT2D eigenvalue weighted by atomic mass is 10.1. The molecule has 0 aliphatic rings. The summed E-state index contributed by atoms with van der Waals surface area (Å²) in [7, 11) is 1.88. The molecule has 0 aliphatic heterocycles. The molecule has 2 heterocycles. The third-order valence-corrected chi connectivity index (χ3v) is 2.99. The molecule has 2 aromatic heterocycles. The van der Waals surface area contributed by atoms with Gasteiger partial charge in [0.05, 0.1) is 22.9 Å². The van der Waals surface area contributed by atoms with Crippen LogP contribution in [0.1, 0.15) is 17.4 Å². The number of rotatable bonds is 2. The fraction of sp³-hybridized carbons (Fsp3) is 0.143. The standard InChI is InChI=1S/C14H14N4/c1-18-9-8-13(17-18)14(15)12-7-6-10-4-2-3-5-11(10)16-12/h2-9,14H,15H2,1H3. The quantitative estimate of drug-likeness (QED) is 0.743. The average Bonchev–Trinajstić information content (AvgIpc) is 2.84. The Morgan fingerprint density at radius 1 is 1.06 bits per heavy atom. The van der Waals surface area contributed by atoms with Gasteiger partial charge in [0.25, 0.3) is 0 Å². The molecule has 90 valence electrons.